The fraction of sp³-hybridized carbons (Fsp3) is 0.250. The van der Waals surface area contributed by atoms with Crippen molar-refractivity contribution in [3.63, 3.8) is 0 Å². The van der Waals surface area contributed by atoms with E-state index in [4.69, 9.17) is 4.74 Å². The number of nitrogens with one attached hydrogen (secondary N) is 1. The highest BCUT2D eigenvalue weighted by Gasteiger charge is 2.30. The van der Waals surface area contributed by atoms with Crippen LogP contribution in [0.1, 0.15) is 20.9 Å². The second kappa shape index (κ2) is 6.19. The molecule has 0 unspecified atom stereocenters. The zero-order valence-corrected chi connectivity index (χ0v) is 11.6. The summed E-state index contributed by atoms with van der Waals surface area (Å²) in [6.07, 6.45) is -4.43. The van der Waals surface area contributed by atoms with Crippen molar-refractivity contribution in [2.24, 2.45) is 0 Å². The van der Waals surface area contributed by atoms with Gasteiger partial charge in [0.1, 0.15) is 11.6 Å². The van der Waals surface area contributed by atoms with Gasteiger partial charge in [0.2, 0.25) is 5.13 Å². The topological polar surface area (TPSA) is 64.1 Å². The number of halogens is 3. The Hall–Kier alpha value is -2.00. The molecule has 5 nitrogen and oxygen atoms in total. The summed E-state index contributed by atoms with van der Waals surface area (Å²) in [4.78, 5) is 11.9. The van der Waals surface area contributed by atoms with Gasteiger partial charge in [0.05, 0.1) is 5.56 Å². The molecule has 0 aliphatic carbocycles. The van der Waals surface area contributed by atoms with Crippen molar-refractivity contribution in [1.82, 2.24) is 10.2 Å². The standard InChI is InChI=1S/C12H10F3N3O2S/c1-20-6-9-17-18-11(21-9)16-10(19)7-2-4-8(5-3-7)12(13,14)15/h2-5H,6H2,1H3,(H,16,18,19). The largest absolute Gasteiger partial charge is 0.416 e. The van der Waals surface area contributed by atoms with Crippen molar-refractivity contribution >= 4 is 22.4 Å². The minimum absolute atomic E-state index is 0.103. The van der Waals surface area contributed by atoms with E-state index < -0.39 is 17.6 Å². The van der Waals surface area contributed by atoms with Crippen LogP contribution >= 0.6 is 11.3 Å². The summed E-state index contributed by atoms with van der Waals surface area (Å²) in [5.41, 5.74) is -0.705. The summed E-state index contributed by atoms with van der Waals surface area (Å²) in [7, 11) is 1.50. The monoisotopic (exact) mass is 317 g/mol. The molecule has 1 aromatic heterocycles. The number of carbonyl (C=O) groups excluding carboxylic acids is 1. The van der Waals surface area contributed by atoms with Crippen LogP contribution in [0.2, 0.25) is 0 Å². The Kier molecular flexibility index (Phi) is 4.53. The number of rotatable bonds is 4. The SMILES string of the molecule is COCc1nnc(NC(=O)c2ccc(C(F)(F)F)cc2)s1. The van der Waals surface area contributed by atoms with Crippen LogP contribution in [0.5, 0.6) is 0 Å². The molecular formula is C12H10F3N3O2S. The van der Waals surface area contributed by atoms with Gasteiger partial charge in [-0.3, -0.25) is 10.1 Å². The molecule has 1 aromatic carbocycles. The first-order valence-electron chi connectivity index (χ1n) is 5.70. The molecule has 112 valence electrons. The molecule has 0 radical (unpaired) electrons. The summed E-state index contributed by atoms with van der Waals surface area (Å²) in [6, 6.07) is 3.92. The van der Waals surface area contributed by atoms with Gasteiger partial charge in [-0.2, -0.15) is 13.2 Å². The number of alkyl halides is 3. The quantitative estimate of drug-likeness (QED) is 0.941. The van der Waals surface area contributed by atoms with E-state index in [2.05, 4.69) is 15.5 Å². The van der Waals surface area contributed by atoms with Crippen LogP contribution in [0.4, 0.5) is 18.3 Å². The lowest BCUT2D eigenvalue weighted by atomic mass is 10.1. The van der Waals surface area contributed by atoms with E-state index in [0.29, 0.717) is 5.01 Å². The highest BCUT2D eigenvalue weighted by atomic mass is 32.1. The van der Waals surface area contributed by atoms with Gasteiger partial charge in [-0.15, -0.1) is 10.2 Å². The van der Waals surface area contributed by atoms with Crippen LogP contribution in [-0.2, 0) is 17.5 Å². The number of hydrogen-bond acceptors (Lipinski definition) is 5. The molecule has 0 aliphatic rings. The predicted molar refractivity (Wildman–Crippen MR) is 70.0 cm³/mol. The Morgan fingerprint density at radius 3 is 2.52 bits per heavy atom. The average molecular weight is 317 g/mol. The van der Waals surface area contributed by atoms with Gasteiger partial charge in [-0.25, -0.2) is 0 Å². The molecule has 1 heterocycles. The number of ether oxygens (including phenoxy) is 1. The van der Waals surface area contributed by atoms with Crippen molar-refractivity contribution in [3.05, 3.63) is 40.4 Å². The lowest BCUT2D eigenvalue weighted by Gasteiger charge is -2.07. The highest BCUT2D eigenvalue weighted by molar-refractivity contribution is 7.15. The van der Waals surface area contributed by atoms with E-state index in [-0.39, 0.29) is 17.3 Å². The molecule has 2 aromatic rings. The Balaban J connectivity index is 2.06. The zero-order chi connectivity index (χ0) is 15.5. The van der Waals surface area contributed by atoms with Crippen LogP contribution in [-0.4, -0.2) is 23.2 Å². The number of carbonyl (C=O) groups is 1. The molecule has 0 saturated carbocycles. The van der Waals surface area contributed by atoms with Gasteiger partial charge in [0.15, 0.2) is 0 Å². The van der Waals surface area contributed by atoms with Gasteiger partial charge < -0.3 is 4.74 Å². The summed E-state index contributed by atoms with van der Waals surface area (Å²) < 4.78 is 42.1. The lowest BCUT2D eigenvalue weighted by molar-refractivity contribution is -0.137. The van der Waals surface area contributed by atoms with Crippen LogP contribution < -0.4 is 5.32 Å². The molecule has 0 atom stereocenters. The van der Waals surface area contributed by atoms with E-state index in [0.717, 1.165) is 35.6 Å². The molecule has 0 saturated heterocycles. The molecule has 21 heavy (non-hydrogen) atoms. The maximum absolute atomic E-state index is 12.4. The maximum Gasteiger partial charge on any atom is 0.416 e. The summed E-state index contributed by atoms with van der Waals surface area (Å²) >= 11 is 1.13. The molecule has 0 aliphatic heterocycles. The minimum Gasteiger partial charge on any atom is -0.377 e. The second-order valence-electron chi connectivity index (χ2n) is 3.96. The summed E-state index contributed by atoms with van der Waals surface area (Å²) in [5.74, 6) is -0.552. The van der Waals surface area contributed by atoms with E-state index in [1.807, 2.05) is 0 Å². The second-order valence-corrected chi connectivity index (χ2v) is 5.03. The fourth-order valence-electron chi connectivity index (χ4n) is 1.47. The molecule has 0 fully saturated rings. The van der Waals surface area contributed by atoms with Crippen LogP contribution in [0.15, 0.2) is 24.3 Å². The number of nitrogens with zero attached hydrogens (tertiary/aromatic N) is 2. The molecule has 1 N–H and O–H groups in total. The van der Waals surface area contributed by atoms with Crippen molar-refractivity contribution < 1.29 is 22.7 Å². The first kappa shape index (κ1) is 15.4. The maximum atomic E-state index is 12.4. The molecule has 0 bridgehead atoms. The molecule has 9 heteroatoms. The van der Waals surface area contributed by atoms with Gasteiger partial charge in [-0.1, -0.05) is 11.3 Å². The Bertz CT molecular complexity index is 625. The smallest absolute Gasteiger partial charge is 0.377 e. The lowest BCUT2D eigenvalue weighted by Crippen LogP contribution is -2.12. The zero-order valence-electron chi connectivity index (χ0n) is 10.8. The van der Waals surface area contributed by atoms with Gasteiger partial charge in [0, 0.05) is 12.7 Å². The number of benzene rings is 1. The molecule has 0 spiro atoms. The minimum atomic E-state index is -4.43. The number of amides is 1. The van der Waals surface area contributed by atoms with Crippen LogP contribution in [0.25, 0.3) is 0 Å². The van der Waals surface area contributed by atoms with E-state index in [1.54, 1.807) is 0 Å². The van der Waals surface area contributed by atoms with Gasteiger partial charge >= 0.3 is 6.18 Å². The third kappa shape index (κ3) is 3.99. The average Bonchev–Trinajstić information content (AvgIpc) is 2.86. The fourth-order valence-corrected chi connectivity index (χ4v) is 2.17. The summed E-state index contributed by atoms with van der Waals surface area (Å²) in [6.45, 7) is 0.272. The summed E-state index contributed by atoms with van der Waals surface area (Å²) in [5, 5.41) is 10.8. The Morgan fingerprint density at radius 1 is 1.29 bits per heavy atom. The van der Waals surface area contributed by atoms with Gasteiger partial charge in [0.25, 0.3) is 5.91 Å². The van der Waals surface area contributed by atoms with Crippen molar-refractivity contribution in [3.8, 4) is 0 Å². The number of aromatic nitrogens is 2. The molecule has 2 rings (SSSR count). The number of methoxy groups -OCH3 is 1. The predicted octanol–water partition coefficient (Wildman–Crippen LogP) is 2.96. The molecule has 1 amide bonds. The van der Waals surface area contributed by atoms with Crippen molar-refractivity contribution in [2.45, 2.75) is 12.8 Å². The van der Waals surface area contributed by atoms with Crippen LogP contribution in [0, 0.1) is 0 Å². The van der Waals surface area contributed by atoms with E-state index >= 15 is 0 Å². The Labute approximate surface area is 121 Å². The first-order valence-corrected chi connectivity index (χ1v) is 6.51. The molecular weight excluding hydrogens is 307 g/mol. The van der Waals surface area contributed by atoms with Crippen molar-refractivity contribution in [2.75, 3.05) is 12.4 Å². The Morgan fingerprint density at radius 2 is 1.95 bits per heavy atom. The highest BCUT2D eigenvalue weighted by Crippen LogP contribution is 2.29. The van der Waals surface area contributed by atoms with E-state index in [9.17, 15) is 18.0 Å². The third-order valence-electron chi connectivity index (χ3n) is 2.43. The van der Waals surface area contributed by atoms with Gasteiger partial charge in [-0.05, 0) is 24.3 Å². The third-order valence-corrected chi connectivity index (χ3v) is 3.24. The number of anilines is 1. The van der Waals surface area contributed by atoms with Crippen LogP contribution in [0.3, 0.4) is 0 Å². The number of hydrogen-bond donors (Lipinski definition) is 1. The van der Waals surface area contributed by atoms with Crippen molar-refractivity contribution in [1.29, 1.82) is 0 Å². The van der Waals surface area contributed by atoms with E-state index in [1.165, 1.54) is 7.11 Å². The normalized spacial score (nSPS) is 11.4. The first-order chi connectivity index (χ1) is 9.90.